The molecule has 142 valence electrons. The average molecular weight is 380 g/mol. The minimum Gasteiger partial charge on any atom is -0.497 e. The normalized spacial score (nSPS) is 17.8. The number of hydrogen-bond acceptors (Lipinski definition) is 4. The first-order valence-corrected chi connectivity index (χ1v) is 9.61. The largest absolute Gasteiger partial charge is 0.497 e. The third-order valence-electron chi connectivity index (χ3n) is 5.59. The molecule has 1 aliphatic heterocycles. The van der Waals surface area contributed by atoms with Crippen molar-refractivity contribution in [3.8, 4) is 5.75 Å². The number of carbonyl (C=O) groups is 1. The number of anilines is 1. The molecule has 29 heavy (non-hydrogen) atoms. The van der Waals surface area contributed by atoms with Crippen LogP contribution in [0, 0.1) is 0 Å². The van der Waals surface area contributed by atoms with E-state index in [4.69, 9.17) is 9.72 Å². The number of benzene rings is 3. The number of carbonyl (C=O) groups excluding carboxylic acids is 1. The minimum absolute atomic E-state index is 0.0632. The molecule has 0 aliphatic carbocycles. The summed E-state index contributed by atoms with van der Waals surface area (Å²) in [4.78, 5) is 18.4. The Bertz CT molecular complexity index is 1220. The second-order valence-corrected chi connectivity index (χ2v) is 7.31. The van der Waals surface area contributed by atoms with Crippen molar-refractivity contribution in [3.05, 3.63) is 102 Å². The van der Waals surface area contributed by atoms with Crippen LogP contribution in [0.2, 0.25) is 0 Å². The number of rotatable bonds is 4. The summed E-state index contributed by atoms with van der Waals surface area (Å²) in [5.41, 5.74) is 3.37. The number of ketones is 1. The van der Waals surface area contributed by atoms with Gasteiger partial charge in [-0.2, -0.15) is 0 Å². The van der Waals surface area contributed by atoms with Gasteiger partial charge in [0.25, 0.3) is 0 Å². The Hall–Kier alpha value is -3.66. The average Bonchev–Trinajstić information content (AvgIpc) is 3.06. The van der Waals surface area contributed by atoms with Crippen molar-refractivity contribution in [1.29, 1.82) is 0 Å². The summed E-state index contributed by atoms with van der Waals surface area (Å²) >= 11 is 0. The van der Waals surface area contributed by atoms with E-state index < -0.39 is 5.54 Å². The molecule has 4 nitrogen and oxygen atoms in total. The van der Waals surface area contributed by atoms with Crippen LogP contribution in [0.1, 0.15) is 21.6 Å². The molecule has 3 aromatic carbocycles. The second kappa shape index (κ2) is 6.74. The van der Waals surface area contributed by atoms with E-state index in [2.05, 4.69) is 11.4 Å². The maximum absolute atomic E-state index is 13.6. The SMILES string of the molecule is COc1ccc(C2(Cc3ccc4ccccc4n3)Nc3ccccc3C2=O)cc1. The predicted molar refractivity (Wildman–Crippen MR) is 115 cm³/mol. The van der Waals surface area contributed by atoms with Crippen LogP contribution in [-0.2, 0) is 12.0 Å². The van der Waals surface area contributed by atoms with Crippen molar-refractivity contribution in [2.75, 3.05) is 12.4 Å². The van der Waals surface area contributed by atoms with Crippen molar-refractivity contribution in [3.63, 3.8) is 0 Å². The zero-order valence-corrected chi connectivity index (χ0v) is 16.1. The molecule has 0 saturated carbocycles. The first-order valence-electron chi connectivity index (χ1n) is 9.61. The van der Waals surface area contributed by atoms with Gasteiger partial charge in [0, 0.05) is 28.8 Å². The Morgan fingerprint density at radius 2 is 1.66 bits per heavy atom. The highest BCUT2D eigenvalue weighted by Crippen LogP contribution is 2.41. The number of hydrogen-bond donors (Lipinski definition) is 1. The summed E-state index contributed by atoms with van der Waals surface area (Å²) in [5, 5.41) is 4.60. The Morgan fingerprint density at radius 1 is 0.897 bits per heavy atom. The Kier molecular flexibility index (Phi) is 4.06. The quantitative estimate of drug-likeness (QED) is 0.542. The Labute approximate surface area is 169 Å². The Balaban J connectivity index is 1.63. The highest BCUT2D eigenvalue weighted by molar-refractivity contribution is 6.13. The van der Waals surface area contributed by atoms with Crippen LogP contribution in [0.25, 0.3) is 10.9 Å². The molecule has 1 unspecified atom stereocenters. The molecule has 0 radical (unpaired) electrons. The molecule has 1 atom stereocenters. The lowest BCUT2D eigenvalue weighted by molar-refractivity contribution is 0.0916. The highest BCUT2D eigenvalue weighted by Gasteiger charge is 2.47. The fourth-order valence-corrected chi connectivity index (χ4v) is 4.09. The van der Waals surface area contributed by atoms with Gasteiger partial charge in [-0.3, -0.25) is 9.78 Å². The maximum atomic E-state index is 13.6. The molecule has 0 bridgehead atoms. The summed E-state index contributed by atoms with van der Waals surface area (Å²) in [5.74, 6) is 0.823. The topological polar surface area (TPSA) is 51.2 Å². The molecule has 4 heteroatoms. The third kappa shape index (κ3) is 2.85. The number of fused-ring (bicyclic) bond motifs is 2. The predicted octanol–water partition coefficient (Wildman–Crippen LogP) is 4.99. The first kappa shape index (κ1) is 17.4. The fourth-order valence-electron chi connectivity index (χ4n) is 4.09. The van der Waals surface area contributed by atoms with Crippen molar-refractivity contribution in [2.45, 2.75) is 12.0 Å². The van der Waals surface area contributed by atoms with E-state index in [1.807, 2.05) is 78.9 Å². The number of methoxy groups -OCH3 is 1. The molecular weight excluding hydrogens is 360 g/mol. The molecule has 5 rings (SSSR count). The summed E-state index contributed by atoms with van der Waals surface area (Å²) in [7, 11) is 1.64. The van der Waals surface area contributed by atoms with E-state index in [0.29, 0.717) is 12.0 Å². The Morgan fingerprint density at radius 3 is 2.45 bits per heavy atom. The van der Waals surface area contributed by atoms with Gasteiger partial charge in [-0.1, -0.05) is 48.5 Å². The van der Waals surface area contributed by atoms with Gasteiger partial charge in [0.1, 0.15) is 11.3 Å². The van der Waals surface area contributed by atoms with Crippen LogP contribution in [0.4, 0.5) is 5.69 Å². The number of para-hydroxylation sites is 2. The maximum Gasteiger partial charge on any atom is 0.195 e. The molecule has 0 saturated heterocycles. The van der Waals surface area contributed by atoms with E-state index in [-0.39, 0.29) is 5.78 Å². The second-order valence-electron chi connectivity index (χ2n) is 7.31. The summed E-state index contributed by atoms with van der Waals surface area (Å²) in [6.45, 7) is 0. The molecular formula is C25H20N2O2. The van der Waals surface area contributed by atoms with Crippen LogP contribution >= 0.6 is 0 Å². The molecule has 1 N–H and O–H groups in total. The monoisotopic (exact) mass is 380 g/mol. The van der Waals surface area contributed by atoms with E-state index in [1.54, 1.807) is 7.11 Å². The van der Waals surface area contributed by atoms with Crippen LogP contribution in [0.15, 0.2) is 84.9 Å². The van der Waals surface area contributed by atoms with Gasteiger partial charge in [-0.15, -0.1) is 0 Å². The van der Waals surface area contributed by atoms with Gasteiger partial charge < -0.3 is 10.1 Å². The standard InChI is InChI=1S/C25H20N2O2/c1-29-20-14-11-18(12-15-20)25(24(28)21-7-3-5-9-23(21)27-25)16-19-13-10-17-6-2-4-8-22(17)26-19/h2-15,27H,16H2,1H3. The number of nitrogens with one attached hydrogen (secondary N) is 1. The van der Waals surface area contributed by atoms with Crippen molar-refractivity contribution >= 4 is 22.4 Å². The van der Waals surface area contributed by atoms with Crippen LogP contribution < -0.4 is 10.1 Å². The van der Waals surface area contributed by atoms with Gasteiger partial charge in [0.15, 0.2) is 5.78 Å². The minimum atomic E-state index is -0.897. The lowest BCUT2D eigenvalue weighted by atomic mass is 9.81. The fraction of sp³-hybridized carbons (Fsp3) is 0.120. The lowest BCUT2D eigenvalue weighted by Crippen LogP contribution is -2.41. The molecule has 0 spiro atoms. The number of aromatic nitrogens is 1. The van der Waals surface area contributed by atoms with E-state index >= 15 is 0 Å². The first-order chi connectivity index (χ1) is 14.2. The molecule has 1 aromatic heterocycles. The number of Topliss-reactive ketones (excluding diaryl/α,β-unsaturated/α-hetero) is 1. The smallest absolute Gasteiger partial charge is 0.195 e. The zero-order valence-electron chi connectivity index (χ0n) is 16.1. The van der Waals surface area contributed by atoms with Gasteiger partial charge in [0.05, 0.1) is 12.6 Å². The summed E-state index contributed by atoms with van der Waals surface area (Å²) in [6, 6.07) is 27.5. The molecule has 0 fully saturated rings. The molecule has 1 aliphatic rings. The molecule has 2 heterocycles. The van der Waals surface area contributed by atoms with Gasteiger partial charge in [-0.05, 0) is 42.0 Å². The van der Waals surface area contributed by atoms with E-state index in [9.17, 15) is 4.79 Å². The van der Waals surface area contributed by atoms with Crippen LogP contribution in [-0.4, -0.2) is 17.9 Å². The summed E-state index contributed by atoms with van der Waals surface area (Å²) < 4.78 is 5.30. The van der Waals surface area contributed by atoms with Crippen LogP contribution in [0.5, 0.6) is 5.75 Å². The van der Waals surface area contributed by atoms with Crippen LogP contribution in [0.3, 0.4) is 0 Å². The number of nitrogens with zero attached hydrogens (tertiary/aromatic N) is 1. The van der Waals surface area contributed by atoms with Crippen molar-refractivity contribution in [1.82, 2.24) is 4.98 Å². The highest BCUT2D eigenvalue weighted by atomic mass is 16.5. The van der Waals surface area contributed by atoms with Gasteiger partial charge >= 0.3 is 0 Å². The molecule has 0 amide bonds. The van der Waals surface area contributed by atoms with Crippen molar-refractivity contribution in [2.24, 2.45) is 0 Å². The van der Waals surface area contributed by atoms with Crippen molar-refractivity contribution < 1.29 is 9.53 Å². The number of ether oxygens (including phenoxy) is 1. The van der Waals surface area contributed by atoms with Gasteiger partial charge in [0.2, 0.25) is 0 Å². The zero-order chi connectivity index (χ0) is 19.8. The van der Waals surface area contributed by atoms with Gasteiger partial charge in [-0.25, -0.2) is 0 Å². The summed E-state index contributed by atoms with van der Waals surface area (Å²) in [6.07, 6.45) is 0.456. The third-order valence-corrected chi connectivity index (χ3v) is 5.59. The van der Waals surface area contributed by atoms with E-state index in [0.717, 1.165) is 33.6 Å². The number of pyridine rings is 1. The molecule has 4 aromatic rings. The van der Waals surface area contributed by atoms with E-state index in [1.165, 1.54) is 0 Å². The lowest BCUT2D eigenvalue weighted by Gasteiger charge is -2.29.